The van der Waals surface area contributed by atoms with Crippen LogP contribution in [0.3, 0.4) is 0 Å². The molecule has 1 atom stereocenters. The smallest absolute Gasteiger partial charge is 0.161 e. The van der Waals surface area contributed by atoms with Gasteiger partial charge in [0.15, 0.2) is 9.84 Å². The lowest BCUT2D eigenvalue weighted by Gasteiger charge is -2.08. The van der Waals surface area contributed by atoms with Gasteiger partial charge >= 0.3 is 0 Å². The lowest BCUT2D eigenvalue weighted by Crippen LogP contribution is -2.11. The van der Waals surface area contributed by atoms with Crippen molar-refractivity contribution in [3.05, 3.63) is 35.9 Å². The van der Waals surface area contributed by atoms with Crippen LogP contribution in [0.15, 0.2) is 30.3 Å². The summed E-state index contributed by atoms with van der Waals surface area (Å²) in [5.74, 6) is 0.113. The van der Waals surface area contributed by atoms with E-state index in [0.717, 1.165) is 5.56 Å². The fraction of sp³-hybridized carbons (Fsp3) is 0.333. The Morgan fingerprint density at radius 1 is 1.21 bits per heavy atom. The van der Waals surface area contributed by atoms with Gasteiger partial charge in [-0.1, -0.05) is 62.2 Å². The van der Waals surface area contributed by atoms with E-state index < -0.39 is 9.84 Å². The van der Waals surface area contributed by atoms with E-state index in [1.165, 1.54) is 0 Å². The van der Waals surface area contributed by atoms with Gasteiger partial charge in [0.05, 0.1) is 10.6 Å². The fourth-order valence-electron chi connectivity index (χ4n) is 1.03. The zero-order valence-corrected chi connectivity index (χ0v) is 11.3. The summed E-state index contributed by atoms with van der Waals surface area (Å²) in [5.41, 5.74) is 0.983. The SMILES string of the molecule is O=S(=O)(CBr)CC(Br)c1ccccc1. The summed E-state index contributed by atoms with van der Waals surface area (Å²) in [5, 5.41) is 0. The molecule has 0 fully saturated rings. The molecular formula is C9H10Br2O2S. The molecule has 0 saturated carbocycles. The summed E-state index contributed by atoms with van der Waals surface area (Å²) in [4.78, 5) is -0.133. The van der Waals surface area contributed by atoms with Crippen LogP contribution < -0.4 is 0 Å². The summed E-state index contributed by atoms with van der Waals surface area (Å²) in [7, 11) is -3.00. The minimum absolute atomic E-state index is 0.00886. The van der Waals surface area contributed by atoms with Gasteiger partial charge in [0, 0.05) is 0 Å². The second kappa shape index (κ2) is 5.28. The molecule has 0 N–H and O–H groups in total. The van der Waals surface area contributed by atoms with E-state index in [1.54, 1.807) is 0 Å². The average molecular weight is 342 g/mol. The zero-order valence-electron chi connectivity index (χ0n) is 7.36. The first-order valence-corrected chi connectivity index (χ1v) is 7.86. The highest BCUT2D eigenvalue weighted by Gasteiger charge is 2.16. The van der Waals surface area contributed by atoms with Crippen LogP contribution in [0.25, 0.3) is 0 Å². The van der Waals surface area contributed by atoms with Crippen molar-refractivity contribution >= 4 is 41.7 Å². The third kappa shape index (κ3) is 3.71. The lowest BCUT2D eigenvalue weighted by molar-refractivity contribution is 0.600. The summed E-state index contributed by atoms with van der Waals surface area (Å²) in [6, 6.07) is 9.50. The van der Waals surface area contributed by atoms with Crippen LogP contribution in [0.5, 0.6) is 0 Å². The van der Waals surface area contributed by atoms with Gasteiger partial charge in [0.25, 0.3) is 0 Å². The van der Waals surface area contributed by atoms with Gasteiger partial charge in [-0.05, 0) is 5.56 Å². The van der Waals surface area contributed by atoms with Gasteiger partial charge in [-0.3, -0.25) is 0 Å². The highest BCUT2D eigenvalue weighted by Crippen LogP contribution is 2.24. The number of halogens is 2. The average Bonchev–Trinajstić information content (AvgIpc) is 2.19. The molecule has 5 heteroatoms. The first-order chi connectivity index (χ1) is 6.55. The monoisotopic (exact) mass is 340 g/mol. The van der Waals surface area contributed by atoms with E-state index in [1.807, 2.05) is 30.3 Å². The minimum Gasteiger partial charge on any atom is -0.228 e. The molecule has 0 radical (unpaired) electrons. The van der Waals surface area contributed by atoms with Gasteiger partial charge in [-0.15, -0.1) is 0 Å². The zero-order chi connectivity index (χ0) is 10.6. The van der Waals surface area contributed by atoms with Crippen LogP contribution in [-0.2, 0) is 9.84 Å². The number of alkyl halides is 2. The molecule has 0 heterocycles. The van der Waals surface area contributed by atoms with Crippen LogP contribution in [-0.4, -0.2) is 18.8 Å². The molecule has 0 aromatic heterocycles. The van der Waals surface area contributed by atoms with Crippen LogP contribution in [0.4, 0.5) is 0 Å². The van der Waals surface area contributed by atoms with Gasteiger partial charge in [0.1, 0.15) is 4.66 Å². The number of rotatable bonds is 4. The summed E-state index contributed by atoms with van der Waals surface area (Å²) in [6.45, 7) is 0. The Balaban J connectivity index is 2.74. The Bertz CT molecular complexity index is 375. The van der Waals surface area contributed by atoms with Crippen molar-refractivity contribution in [2.45, 2.75) is 4.83 Å². The van der Waals surface area contributed by atoms with Crippen molar-refractivity contribution in [2.24, 2.45) is 0 Å². The topological polar surface area (TPSA) is 34.1 Å². The number of hydrogen-bond acceptors (Lipinski definition) is 2. The molecule has 78 valence electrons. The van der Waals surface area contributed by atoms with E-state index in [-0.39, 0.29) is 15.2 Å². The van der Waals surface area contributed by atoms with Gasteiger partial charge in [0.2, 0.25) is 0 Å². The quantitative estimate of drug-likeness (QED) is 0.789. The Hall–Kier alpha value is 0.130. The van der Waals surface area contributed by atoms with Crippen molar-refractivity contribution in [1.82, 2.24) is 0 Å². The van der Waals surface area contributed by atoms with Crippen molar-refractivity contribution in [2.75, 3.05) is 10.4 Å². The second-order valence-electron chi connectivity index (χ2n) is 2.90. The predicted octanol–water partition coefficient (Wildman–Crippen LogP) is 2.89. The van der Waals surface area contributed by atoms with E-state index >= 15 is 0 Å². The lowest BCUT2D eigenvalue weighted by atomic mass is 10.2. The molecule has 1 unspecified atom stereocenters. The standard InChI is InChI=1S/C9H10Br2O2S/c10-7-14(12,13)6-9(11)8-4-2-1-3-5-8/h1-5,9H,6-7H2. The summed E-state index contributed by atoms with van der Waals surface area (Å²) in [6.07, 6.45) is 0. The largest absolute Gasteiger partial charge is 0.228 e. The second-order valence-corrected chi connectivity index (χ2v) is 7.42. The van der Waals surface area contributed by atoms with E-state index in [0.29, 0.717) is 0 Å². The van der Waals surface area contributed by atoms with Crippen molar-refractivity contribution in [3.8, 4) is 0 Å². The highest BCUT2D eigenvalue weighted by atomic mass is 79.9. The van der Waals surface area contributed by atoms with Crippen LogP contribution in [0.2, 0.25) is 0 Å². The summed E-state index contributed by atoms with van der Waals surface area (Å²) >= 11 is 6.33. The van der Waals surface area contributed by atoms with Gasteiger partial charge in [-0.2, -0.15) is 0 Å². The third-order valence-electron chi connectivity index (χ3n) is 1.73. The van der Waals surface area contributed by atoms with Crippen LogP contribution in [0, 0.1) is 0 Å². The first-order valence-electron chi connectivity index (χ1n) is 4.00. The van der Waals surface area contributed by atoms with Crippen LogP contribution >= 0.6 is 31.9 Å². The normalized spacial score (nSPS) is 13.9. The maximum atomic E-state index is 11.3. The Labute approximate surface area is 101 Å². The van der Waals surface area contributed by atoms with E-state index in [9.17, 15) is 8.42 Å². The molecule has 0 bridgehead atoms. The minimum atomic E-state index is -3.00. The molecule has 0 aliphatic rings. The molecule has 1 aromatic carbocycles. The predicted molar refractivity (Wildman–Crippen MR) is 65.7 cm³/mol. The van der Waals surface area contributed by atoms with Gasteiger partial charge < -0.3 is 0 Å². The van der Waals surface area contributed by atoms with Crippen molar-refractivity contribution < 1.29 is 8.42 Å². The third-order valence-corrected chi connectivity index (χ3v) is 6.28. The molecule has 0 amide bonds. The summed E-state index contributed by atoms with van der Waals surface area (Å²) < 4.78 is 22.6. The molecule has 2 nitrogen and oxygen atoms in total. The molecule has 1 aromatic rings. The molecular weight excluding hydrogens is 332 g/mol. The number of benzene rings is 1. The Morgan fingerprint density at radius 2 is 1.79 bits per heavy atom. The molecule has 0 aliphatic heterocycles. The maximum Gasteiger partial charge on any atom is 0.161 e. The number of sulfone groups is 1. The molecule has 1 rings (SSSR count). The highest BCUT2D eigenvalue weighted by molar-refractivity contribution is 9.11. The Kier molecular flexibility index (Phi) is 4.60. The van der Waals surface area contributed by atoms with Crippen LogP contribution in [0.1, 0.15) is 10.4 Å². The molecule has 0 saturated heterocycles. The van der Waals surface area contributed by atoms with E-state index in [2.05, 4.69) is 31.9 Å². The van der Waals surface area contributed by atoms with Gasteiger partial charge in [-0.25, -0.2) is 8.42 Å². The van der Waals surface area contributed by atoms with Crippen molar-refractivity contribution in [1.29, 1.82) is 0 Å². The maximum absolute atomic E-state index is 11.3. The molecule has 0 spiro atoms. The molecule has 0 aliphatic carbocycles. The van der Waals surface area contributed by atoms with E-state index in [4.69, 9.17) is 0 Å². The molecule has 14 heavy (non-hydrogen) atoms. The number of hydrogen-bond donors (Lipinski definition) is 0. The first kappa shape index (κ1) is 12.2. The fourth-order valence-corrected chi connectivity index (χ4v) is 3.83. The van der Waals surface area contributed by atoms with Crippen molar-refractivity contribution in [3.63, 3.8) is 0 Å². The Morgan fingerprint density at radius 3 is 2.29 bits per heavy atom.